The minimum atomic E-state index is 0.0247. The maximum Gasteiger partial charge on any atom is 0.305 e. The van der Waals surface area contributed by atoms with Crippen molar-refractivity contribution in [1.82, 2.24) is 0 Å². The van der Waals surface area contributed by atoms with E-state index in [0.29, 0.717) is 35.7 Å². The van der Waals surface area contributed by atoms with E-state index >= 15 is 0 Å². The Balaban J connectivity index is 1.04. The average Bonchev–Trinajstić information content (AvgIpc) is 3.44. The molecular weight excluding hydrogens is 585 g/mol. The van der Waals surface area contributed by atoms with Crippen LogP contribution in [-0.2, 0) is 9.53 Å². The summed E-state index contributed by atoms with van der Waals surface area (Å²) in [7, 11) is 0. The second-order valence-corrected chi connectivity index (χ2v) is 18.7. The molecule has 0 N–H and O–H groups in total. The fraction of sp³-hybridized carbons (Fsp3) is 0.935. The molecule has 0 aromatic rings. The molecule has 0 aliphatic heterocycles. The zero-order chi connectivity index (χ0) is 34.4. The lowest BCUT2D eigenvalue weighted by molar-refractivity contribution is -0.145. The second kappa shape index (κ2) is 20.3. The number of hydrogen-bond donors (Lipinski definition) is 0. The van der Waals surface area contributed by atoms with Crippen molar-refractivity contribution >= 4 is 5.97 Å². The Morgan fingerprint density at radius 1 is 0.688 bits per heavy atom. The van der Waals surface area contributed by atoms with Gasteiger partial charge in [-0.3, -0.25) is 4.79 Å². The zero-order valence-corrected chi connectivity index (χ0v) is 33.2. The third-order valence-corrected chi connectivity index (χ3v) is 15.5. The molecule has 0 heterocycles. The number of allylic oxidation sites excluding steroid dienone is 2. The molecule has 4 aliphatic rings. The summed E-state index contributed by atoms with van der Waals surface area (Å²) in [4.78, 5) is 12.5. The second-order valence-electron chi connectivity index (χ2n) is 18.7. The molecule has 2 heteroatoms. The van der Waals surface area contributed by atoms with E-state index < -0.39 is 0 Å². The molecule has 0 radical (unpaired) electrons. The Morgan fingerprint density at radius 2 is 1.35 bits per heavy atom. The minimum absolute atomic E-state index is 0.0247. The summed E-state index contributed by atoms with van der Waals surface area (Å²) >= 11 is 0. The summed E-state index contributed by atoms with van der Waals surface area (Å²) in [5, 5.41) is 0. The van der Waals surface area contributed by atoms with Gasteiger partial charge >= 0.3 is 5.97 Å². The van der Waals surface area contributed by atoms with E-state index in [1.54, 1.807) is 0 Å². The summed E-state index contributed by atoms with van der Waals surface area (Å²) in [6.07, 6.45) is 39.8. The van der Waals surface area contributed by atoms with Crippen molar-refractivity contribution in [2.75, 3.05) is 6.61 Å². The van der Waals surface area contributed by atoms with Gasteiger partial charge in [0, 0.05) is 6.42 Å². The molecule has 4 rings (SSSR count). The van der Waals surface area contributed by atoms with Crippen LogP contribution >= 0.6 is 0 Å². The van der Waals surface area contributed by atoms with Crippen molar-refractivity contribution < 1.29 is 9.53 Å². The maximum absolute atomic E-state index is 12.5. The molecule has 0 aromatic carbocycles. The summed E-state index contributed by atoms with van der Waals surface area (Å²) < 4.78 is 5.79. The first-order valence-electron chi connectivity index (χ1n) is 22.0. The molecule has 0 bridgehead atoms. The molecular formula is C46H82O2. The van der Waals surface area contributed by atoms with Gasteiger partial charge in [-0.2, -0.15) is 0 Å². The van der Waals surface area contributed by atoms with Crippen LogP contribution < -0.4 is 0 Å². The Labute approximate surface area is 300 Å². The van der Waals surface area contributed by atoms with Gasteiger partial charge in [0.05, 0.1) is 6.61 Å². The number of carbonyl (C=O) groups excluding carboxylic acids is 1. The lowest BCUT2D eigenvalue weighted by Gasteiger charge is -2.61. The highest BCUT2D eigenvalue weighted by Gasteiger charge is 2.60. The van der Waals surface area contributed by atoms with E-state index in [0.717, 1.165) is 48.3 Å². The molecule has 0 amide bonds. The first-order chi connectivity index (χ1) is 23.2. The topological polar surface area (TPSA) is 26.3 Å². The van der Waals surface area contributed by atoms with Crippen molar-refractivity contribution in [2.45, 2.75) is 208 Å². The number of rotatable bonds is 22. The van der Waals surface area contributed by atoms with Crippen LogP contribution in [0.15, 0.2) is 12.2 Å². The highest BCUT2D eigenvalue weighted by Crippen LogP contribution is 2.68. The lowest BCUT2D eigenvalue weighted by Crippen LogP contribution is -2.53. The van der Waals surface area contributed by atoms with Gasteiger partial charge in [-0.25, -0.2) is 0 Å². The normalized spacial score (nSPS) is 33.5. The average molecular weight is 667 g/mol. The van der Waals surface area contributed by atoms with Gasteiger partial charge in [-0.1, -0.05) is 131 Å². The number of hydrogen-bond acceptors (Lipinski definition) is 2. The molecule has 4 fully saturated rings. The van der Waals surface area contributed by atoms with Crippen LogP contribution in [-0.4, -0.2) is 12.6 Å². The van der Waals surface area contributed by atoms with Crippen molar-refractivity contribution in [2.24, 2.45) is 58.2 Å². The largest absolute Gasteiger partial charge is 0.465 e. The molecule has 4 saturated carbocycles. The molecule has 278 valence electrons. The van der Waals surface area contributed by atoms with Gasteiger partial charge in [0.15, 0.2) is 0 Å². The van der Waals surface area contributed by atoms with Crippen LogP contribution in [0.3, 0.4) is 0 Å². The molecule has 0 aromatic heterocycles. The summed E-state index contributed by atoms with van der Waals surface area (Å²) in [5.41, 5.74) is 1.23. The van der Waals surface area contributed by atoms with E-state index in [-0.39, 0.29) is 5.97 Å². The van der Waals surface area contributed by atoms with E-state index in [1.165, 1.54) is 148 Å². The quantitative estimate of drug-likeness (QED) is 0.0653. The van der Waals surface area contributed by atoms with Crippen LogP contribution in [0, 0.1) is 58.2 Å². The maximum atomic E-state index is 12.5. The van der Waals surface area contributed by atoms with E-state index in [9.17, 15) is 4.79 Å². The molecule has 2 unspecified atom stereocenters. The molecule has 0 spiro atoms. The van der Waals surface area contributed by atoms with Crippen LogP contribution in [0.2, 0.25) is 0 Å². The number of fused-ring (bicyclic) bond motifs is 5. The Morgan fingerprint density at radius 3 is 2.08 bits per heavy atom. The fourth-order valence-corrected chi connectivity index (χ4v) is 12.1. The standard InChI is InChI=1S/C46H82O2/c1-7-8-9-10-11-12-13-14-15-16-17-18-19-20-21-25-44(47)48-35-38(4)36(2)26-27-37(3)41-30-31-42-40-29-28-39-24-22-23-33-45(39,5)43(40)32-34-46(41,42)6/h14-15,36-43H,7-13,16-35H2,1-6H3/b15-14+/t36-,37+,38?,39?,40-,41+,42-,43-,45-,46+/m0/s1. The first kappa shape index (κ1) is 40.0. The van der Waals surface area contributed by atoms with Crippen LogP contribution in [0.4, 0.5) is 0 Å². The number of unbranched alkanes of at least 4 members (excludes halogenated alkanes) is 11. The first-order valence-corrected chi connectivity index (χ1v) is 22.0. The third kappa shape index (κ3) is 10.9. The van der Waals surface area contributed by atoms with Crippen LogP contribution in [0.25, 0.3) is 0 Å². The van der Waals surface area contributed by atoms with Gasteiger partial charge in [-0.15, -0.1) is 0 Å². The number of ether oxygens (including phenoxy) is 1. The molecule has 48 heavy (non-hydrogen) atoms. The van der Waals surface area contributed by atoms with Gasteiger partial charge in [0.2, 0.25) is 0 Å². The Bertz CT molecular complexity index is 938. The summed E-state index contributed by atoms with van der Waals surface area (Å²) in [6, 6.07) is 0. The fourth-order valence-electron chi connectivity index (χ4n) is 12.1. The number of esters is 1. The molecule has 4 aliphatic carbocycles. The molecule has 0 saturated heterocycles. The minimum Gasteiger partial charge on any atom is -0.465 e. The Hall–Kier alpha value is -0.790. The monoisotopic (exact) mass is 667 g/mol. The van der Waals surface area contributed by atoms with E-state index in [1.807, 2.05) is 0 Å². The smallest absolute Gasteiger partial charge is 0.305 e. The van der Waals surface area contributed by atoms with Crippen LogP contribution in [0.5, 0.6) is 0 Å². The highest BCUT2D eigenvalue weighted by atomic mass is 16.5. The summed E-state index contributed by atoms with van der Waals surface area (Å²) in [6.45, 7) is 15.7. The highest BCUT2D eigenvalue weighted by molar-refractivity contribution is 5.69. The van der Waals surface area contributed by atoms with Crippen molar-refractivity contribution in [3.63, 3.8) is 0 Å². The number of carbonyl (C=O) groups is 1. The SMILES string of the molecule is CCCCCCCC/C=C/CCCCCCCC(=O)OCC(C)[C@@H](C)CC[C@@H](C)[C@H]1CC[C@H]2[C@@H]3CCC4CCCC[C@]4(C)[C@H]3CC[C@]12C. The Kier molecular flexibility index (Phi) is 16.9. The predicted molar refractivity (Wildman–Crippen MR) is 207 cm³/mol. The summed E-state index contributed by atoms with van der Waals surface area (Å²) in [5.74, 6) is 6.86. The van der Waals surface area contributed by atoms with Crippen molar-refractivity contribution in [1.29, 1.82) is 0 Å². The van der Waals surface area contributed by atoms with E-state index in [4.69, 9.17) is 4.74 Å². The zero-order valence-electron chi connectivity index (χ0n) is 33.2. The molecule has 10 atom stereocenters. The van der Waals surface area contributed by atoms with Gasteiger partial charge in [0.1, 0.15) is 0 Å². The molecule has 2 nitrogen and oxygen atoms in total. The van der Waals surface area contributed by atoms with Gasteiger partial charge in [-0.05, 0) is 142 Å². The third-order valence-electron chi connectivity index (χ3n) is 15.5. The van der Waals surface area contributed by atoms with Gasteiger partial charge < -0.3 is 4.74 Å². The van der Waals surface area contributed by atoms with E-state index in [2.05, 4.69) is 53.7 Å². The van der Waals surface area contributed by atoms with Crippen molar-refractivity contribution in [3.05, 3.63) is 12.2 Å². The lowest BCUT2D eigenvalue weighted by atomic mass is 9.44. The predicted octanol–water partition coefficient (Wildman–Crippen LogP) is 14.3. The van der Waals surface area contributed by atoms with Crippen LogP contribution in [0.1, 0.15) is 208 Å². The van der Waals surface area contributed by atoms with Crippen molar-refractivity contribution in [3.8, 4) is 0 Å². The van der Waals surface area contributed by atoms with Gasteiger partial charge in [0.25, 0.3) is 0 Å².